The van der Waals surface area contributed by atoms with Gasteiger partial charge < -0.3 is 15.7 Å². The molecule has 0 aromatic heterocycles. The Kier molecular flexibility index (Phi) is 5.89. The quantitative estimate of drug-likeness (QED) is 0.511. The van der Waals surface area contributed by atoms with Crippen LogP contribution in [0, 0.1) is 21.4 Å². The summed E-state index contributed by atoms with van der Waals surface area (Å²) in [5, 5.41) is 35.8. The predicted molar refractivity (Wildman–Crippen MR) is 99.6 cm³/mol. The number of nitro groups is 1. The Bertz CT molecular complexity index is 834. The zero-order valence-corrected chi connectivity index (χ0v) is 16.0. The van der Waals surface area contributed by atoms with Crippen molar-refractivity contribution in [3.63, 3.8) is 0 Å². The maximum absolute atomic E-state index is 12.7. The van der Waals surface area contributed by atoms with E-state index >= 15 is 0 Å². The van der Waals surface area contributed by atoms with E-state index in [9.17, 15) is 30.1 Å². The van der Waals surface area contributed by atoms with E-state index in [1.54, 1.807) is 20.8 Å². The molecule has 10 nitrogen and oxygen atoms in total. The van der Waals surface area contributed by atoms with Crippen LogP contribution >= 0.6 is 0 Å². The molecule has 1 aromatic carbocycles. The number of hydrogen-bond acceptors (Lipinski definition) is 6. The average Bonchev–Trinajstić information content (AvgIpc) is 3.07. The minimum Gasteiger partial charge on any atom is -0.465 e. The van der Waals surface area contributed by atoms with Gasteiger partial charge in [-0.1, -0.05) is 0 Å². The molecule has 28 heavy (non-hydrogen) atoms. The van der Waals surface area contributed by atoms with Crippen LogP contribution in [0.2, 0.25) is 0 Å². The first kappa shape index (κ1) is 21.1. The molecular weight excluding hydrogens is 366 g/mol. The number of carbonyl (C=O) groups is 2. The zero-order chi connectivity index (χ0) is 21.1. The number of nitrogens with zero attached hydrogens (tertiary/aromatic N) is 3. The maximum Gasteiger partial charge on any atom is 0.408 e. The number of benzene rings is 1. The van der Waals surface area contributed by atoms with Gasteiger partial charge in [0, 0.05) is 24.2 Å². The van der Waals surface area contributed by atoms with E-state index in [2.05, 4.69) is 10.6 Å². The molecule has 0 spiro atoms. The molecule has 0 aliphatic carbocycles. The first-order valence-corrected chi connectivity index (χ1v) is 8.71. The number of carbonyl (C=O) groups excluding carboxylic acids is 1. The molecule has 1 atom stereocenters. The van der Waals surface area contributed by atoms with Gasteiger partial charge in [0.05, 0.1) is 22.1 Å². The lowest BCUT2D eigenvalue weighted by Crippen LogP contribution is -2.54. The van der Waals surface area contributed by atoms with E-state index in [0.29, 0.717) is 25.1 Å². The van der Waals surface area contributed by atoms with Crippen molar-refractivity contribution < 1.29 is 19.6 Å². The van der Waals surface area contributed by atoms with Gasteiger partial charge in [-0.25, -0.2) is 4.79 Å². The highest BCUT2D eigenvalue weighted by Gasteiger charge is 2.40. The molecule has 2 rings (SSSR count). The Labute approximate surface area is 162 Å². The minimum atomic E-state index is -1.21. The Morgan fingerprint density at radius 3 is 2.61 bits per heavy atom. The second kappa shape index (κ2) is 7.82. The average molecular weight is 389 g/mol. The minimum absolute atomic E-state index is 0.101. The van der Waals surface area contributed by atoms with Crippen LogP contribution in [-0.2, 0) is 10.3 Å². The molecule has 0 bridgehead atoms. The Morgan fingerprint density at radius 2 is 2.14 bits per heavy atom. The first-order chi connectivity index (χ1) is 13.0. The van der Waals surface area contributed by atoms with Gasteiger partial charge in [-0.2, -0.15) is 5.26 Å². The number of rotatable bonds is 5. The summed E-state index contributed by atoms with van der Waals surface area (Å²) < 4.78 is 0. The SMILES string of the molecule is CC(C)(C)N(CC(=O)N[C@]1(c2ccc([N+](=O)[O-])cc2C#N)CCNC1)C(=O)O. The van der Waals surface area contributed by atoms with Crippen molar-refractivity contribution in [1.82, 2.24) is 15.5 Å². The van der Waals surface area contributed by atoms with Gasteiger partial charge >= 0.3 is 6.09 Å². The molecule has 1 saturated heterocycles. The third kappa shape index (κ3) is 4.37. The number of nitriles is 1. The highest BCUT2D eigenvalue weighted by atomic mass is 16.6. The standard InChI is InChI=1S/C18H23N5O5/c1-17(2,3)22(16(25)26)10-15(24)21-18(6-7-20-11-18)14-5-4-13(23(27)28)8-12(14)9-19/h4-5,8,20H,6-7,10-11H2,1-3H3,(H,21,24)(H,25,26)/t18-/m1/s1. The third-order valence-electron chi connectivity index (χ3n) is 4.73. The second-order valence-electron chi connectivity index (χ2n) is 7.70. The summed E-state index contributed by atoms with van der Waals surface area (Å²) >= 11 is 0. The van der Waals surface area contributed by atoms with Crippen LogP contribution < -0.4 is 10.6 Å². The molecule has 1 heterocycles. The van der Waals surface area contributed by atoms with Crippen LogP contribution in [0.15, 0.2) is 18.2 Å². The fraction of sp³-hybridized carbons (Fsp3) is 0.500. The van der Waals surface area contributed by atoms with Crippen molar-refractivity contribution in [2.75, 3.05) is 19.6 Å². The van der Waals surface area contributed by atoms with E-state index in [4.69, 9.17) is 0 Å². The Hall–Kier alpha value is -3.19. The molecule has 0 saturated carbocycles. The van der Waals surface area contributed by atoms with Gasteiger partial charge in [-0.3, -0.25) is 19.8 Å². The van der Waals surface area contributed by atoms with Crippen LogP contribution in [0.1, 0.15) is 38.3 Å². The second-order valence-corrected chi connectivity index (χ2v) is 7.70. The van der Waals surface area contributed by atoms with E-state index in [1.807, 2.05) is 6.07 Å². The zero-order valence-electron chi connectivity index (χ0n) is 16.0. The number of amides is 2. The number of carboxylic acid groups (broad SMARTS) is 1. The molecule has 150 valence electrons. The van der Waals surface area contributed by atoms with E-state index in [-0.39, 0.29) is 17.8 Å². The highest BCUT2D eigenvalue weighted by Crippen LogP contribution is 2.32. The molecule has 3 N–H and O–H groups in total. The highest BCUT2D eigenvalue weighted by molar-refractivity contribution is 5.83. The fourth-order valence-electron chi connectivity index (χ4n) is 3.29. The molecule has 2 amide bonds. The first-order valence-electron chi connectivity index (χ1n) is 8.71. The van der Waals surface area contributed by atoms with Crippen LogP contribution in [0.3, 0.4) is 0 Å². The predicted octanol–water partition coefficient (Wildman–Crippen LogP) is 1.55. The molecule has 1 aliphatic rings. The summed E-state index contributed by atoms with van der Waals surface area (Å²) in [6.45, 7) is 5.59. The normalized spacial score (nSPS) is 18.9. The topological polar surface area (TPSA) is 149 Å². The van der Waals surface area contributed by atoms with Gasteiger partial charge in [-0.05, 0) is 45.4 Å². The van der Waals surface area contributed by atoms with Crippen LogP contribution in [0.4, 0.5) is 10.5 Å². The molecule has 1 fully saturated rings. The monoisotopic (exact) mass is 389 g/mol. The van der Waals surface area contributed by atoms with Gasteiger partial charge in [-0.15, -0.1) is 0 Å². The molecule has 0 radical (unpaired) electrons. The number of non-ortho nitro benzene ring substituents is 1. The lowest BCUT2D eigenvalue weighted by Gasteiger charge is -2.35. The summed E-state index contributed by atoms with van der Waals surface area (Å²) in [5.74, 6) is -0.511. The van der Waals surface area contributed by atoms with Crippen molar-refractivity contribution >= 4 is 17.7 Å². The van der Waals surface area contributed by atoms with Crippen molar-refractivity contribution in [3.8, 4) is 6.07 Å². The van der Waals surface area contributed by atoms with E-state index < -0.39 is 28.0 Å². The van der Waals surface area contributed by atoms with Gasteiger partial charge in [0.25, 0.3) is 5.69 Å². The number of hydrogen-bond donors (Lipinski definition) is 3. The molecule has 10 heteroatoms. The van der Waals surface area contributed by atoms with Gasteiger partial charge in [0.15, 0.2) is 0 Å². The Balaban J connectivity index is 2.35. The fourth-order valence-corrected chi connectivity index (χ4v) is 3.29. The number of nitro benzene ring substituents is 1. The summed E-state index contributed by atoms with van der Waals surface area (Å²) in [4.78, 5) is 35.6. The lowest BCUT2D eigenvalue weighted by atomic mass is 9.85. The van der Waals surface area contributed by atoms with Crippen LogP contribution in [0.25, 0.3) is 0 Å². The van der Waals surface area contributed by atoms with Crippen molar-refractivity contribution in [1.29, 1.82) is 5.26 Å². The lowest BCUT2D eigenvalue weighted by molar-refractivity contribution is -0.384. The van der Waals surface area contributed by atoms with E-state index in [0.717, 1.165) is 4.90 Å². The van der Waals surface area contributed by atoms with E-state index in [1.165, 1.54) is 18.2 Å². The summed E-state index contributed by atoms with van der Waals surface area (Å²) in [5.41, 5.74) is -1.35. The third-order valence-corrected chi connectivity index (χ3v) is 4.73. The smallest absolute Gasteiger partial charge is 0.408 e. The maximum atomic E-state index is 12.7. The van der Waals surface area contributed by atoms with Crippen molar-refractivity contribution in [3.05, 3.63) is 39.4 Å². The molecule has 1 aromatic rings. The Morgan fingerprint density at radius 1 is 1.46 bits per heavy atom. The van der Waals surface area contributed by atoms with Crippen LogP contribution in [0.5, 0.6) is 0 Å². The number of nitrogens with one attached hydrogen (secondary N) is 2. The molecule has 0 unspecified atom stereocenters. The van der Waals surface area contributed by atoms with Crippen LogP contribution in [-0.4, -0.2) is 52.1 Å². The molecule has 1 aliphatic heterocycles. The van der Waals surface area contributed by atoms with Gasteiger partial charge in [0.1, 0.15) is 6.54 Å². The van der Waals surface area contributed by atoms with Crippen molar-refractivity contribution in [2.45, 2.75) is 38.3 Å². The summed E-state index contributed by atoms with van der Waals surface area (Å²) in [6.07, 6.45) is -0.748. The van der Waals surface area contributed by atoms with Crippen molar-refractivity contribution in [2.24, 2.45) is 0 Å². The molecular formula is C18H23N5O5. The largest absolute Gasteiger partial charge is 0.465 e. The summed E-state index contributed by atoms with van der Waals surface area (Å²) in [6, 6.07) is 5.91. The van der Waals surface area contributed by atoms with Gasteiger partial charge in [0.2, 0.25) is 5.91 Å². The summed E-state index contributed by atoms with van der Waals surface area (Å²) in [7, 11) is 0.